The maximum Gasteiger partial charge on any atom is 0.229 e. The van der Waals surface area contributed by atoms with Crippen LogP contribution in [0.15, 0.2) is 12.1 Å². The van der Waals surface area contributed by atoms with Gasteiger partial charge < -0.3 is 10.2 Å². The van der Waals surface area contributed by atoms with Crippen molar-refractivity contribution in [2.45, 2.75) is 32.7 Å². The molecule has 1 aromatic rings. The van der Waals surface area contributed by atoms with Gasteiger partial charge in [-0.05, 0) is 37.5 Å². The molecule has 0 aliphatic carbocycles. The molecule has 6 nitrogen and oxygen atoms in total. The van der Waals surface area contributed by atoms with Gasteiger partial charge in [0.25, 0.3) is 0 Å². The van der Waals surface area contributed by atoms with Crippen molar-refractivity contribution in [1.29, 1.82) is 0 Å². The Balaban J connectivity index is 1.69. The van der Waals surface area contributed by atoms with Crippen LogP contribution in [-0.2, 0) is 19.4 Å². The number of hydrogen-bond acceptors (Lipinski definition) is 4. The minimum atomic E-state index is -3.07. The predicted octanol–water partition coefficient (Wildman–Crippen LogP) is 1.93. The van der Waals surface area contributed by atoms with Gasteiger partial charge in [-0.25, -0.2) is 8.42 Å². The molecule has 0 aromatic heterocycles. The first kappa shape index (κ1) is 18.2. The molecule has 2 atom stereocenters. The molecule has 8 heteroatoms. The van der Waals surface area contributed by atoms with Gasteiger partial charge in [-0.3, -0.25) is 9.59 Å². The van der Waals surface area contributed by atoms with Crippen LogP contribution in [-0.4, -0.2) is 49.2 Å². The van der Waals surface area contributed by atoms with Crippen molar-refractivity contribution in [1.82, 2.24) is 4.90 Å². The lowest BCUT2D eigenvalue weighted by molar-refractivity contribution is -0.129. The minimum Gasteiger partial charge on any atom is -0.338 e. The van der Waals surface area contributed by atoms with Crippen molar-refractivity contribution in [3.05, 3.63) is 28.3 Å². The molecule has 136 valence electrons. The van der Waals surface area contributed by atoms with E-state index in [2.05, 4.69) is 5.32 Å². The lowest BCUT2D eigenvalue weighted by atomic mass is 10.1. The molecule has 25 heavy (non-hydrogen) atoms. The van der Waals surface area contributed by atoms with E-state index in [1.165, 1.54) is 0 Å². The molecule has 2 fully saturated rings. The Bertz CT molecular complexity index is 814. The summed E-state index contributed by atoms with van der Waals surface area (Å²) in [6.45, 7) is 4.05. The summed E-state index contributed by atoms with van der Waals surface area (Å²) in [7, 11) is -3.07. The van der Waals surface area contributed by atoms with E-state index in [-0.39, 0.29) is 42.3 Å². The predicted molar refractivity (Wildman–Crippen MR) is 96.4 cm³/mol. The molecule has 1 N–H and O–H groups in total. The molecular weight excluding hydrogens is 364 g/mol. The van der Waals surface area contributed by atoms with Gasteiger partial charge in [0.1, 0.15) is 0 Å². The Morgan fingerprint density at radius 2 is 2.04 bits per heavy atom. The number of rotatable bonds is 3. The van der Waals surface area contributed by atoms with Crippen molar-refractivity contribution < 1.29 is 18.0 Å². The first-order valence-corrected chi connectivity index (χ1v) is 10.4. The first-order chi connectivity index (χ1) is 11.7. The maximum atomic E-state index is 12.6. The largest absolute Gasteiger partial charge is 0.338 e. The van der Waals surface area contributed by atoms with E-state index in [4.69, 9.17) is 11.6 Å². The highest BCUT2D eigenvalue weighted by Crippen LogP contribution is 2.30. The summed E-state index contributed by atoms with van der Waals surface area (Å²) >= 11 is 6.22. The third kappa shape index (κ3) is 3.82. The van der Waals surface area contributed by atoms with E-state index < -0.39 is 15.8 Å². The number of aryl methyl sites for hydroxylation is 2. The molecular formula is C17H21ClN2O4S. The van der Waals surface area contributed by atoms with Gasteiger partial charge in [-0.15, -0.1) is 0 Å². The number of hydrogen-bond donors (Lipinski definition) is 1. The number of benzene rings is 1. The van der Waals surface area contributed by atoms with Crippen LogP contribution in [0.1, 0.15) is 24.0 Å². The Labute approximate surface area is 152 Å². The fourth-order valence-electron chi connectivity index (χ4n) is 3.58. The number of amides is 2. The summed E-state index contributed by atoms with van der Waals surface area (Å²) in [5, 5.41) is 3.29. The second kappa shape index (κ2) is 6.61. The number of likely N-dealkylation sites (tertiary alicyclic amines) is 1. The molecule has 1 aromatic carbocycles. The van der Waals surface area contributed by atoms with E-state index in [1.54, 1.807) is 11.0 Å². The zero-order valence-corrected chi connectivity index (χ0v) is 15.8. The summed E-state index contributed by atoms with van der Waals surface area (Å²) in [4.78, 5) is 26.4. The van der Waals surface area contributed by atoms with Crippen molar-refractivity contribution in [3.8, 4) is 0 Å². The topological polar surface area (TPSA) is 83.6 Å². The average molecular weight is 385 g/mol. The first-order valence-electron chi connectivity index (χ1n) is 8.24. The molecule has 2 aliphatic heterocycles. The zero-order chi connectivity index (χ0) is 18.4. The molecule has 3 rings (SSSR count). The van der Waals surface area contributed by atoms with Crippen LogP contribution in [0.2, 0.25) is 5.02 Å². The number of sulfone groups is 1. The molecule has 2 aliphatic rings. The lowest BCUT2D eigenvalue weighted by Crippen LogP contribution is -2.38. The van der Waals surface area contributed by atoms with Crippen LogP contribution in [0.5, 0.6) is 0 Å². The fraction of sp³-hybridized carbons (Fsp3) is 0.529. The second-order valence-electron chi connectivity index (χ2n) is 6.93. The van der Waals surface area contributed by atoms with Gasteiger partial charge >= 0.3 is 0 Å². The summed E-state index contributed by atoms with van der Waals surface area (Å²) in [6.07, 6.45) is 0.552. The Hall–Kier alpha value is -1.60. The monoisotopic (exact) mass is 384 g/mol. The highest BCUT2D eigenvalue weighted by Gasteiger charge is 2.42. The van der Waals surface area contributed by atoms with Crippen LogP contribution < -0.4 is 5.32 Å². The molecule has 2 amide bonds. The summed E-state index contributed by atoms with van der Waals surface area (Å²) in [5.74, 6) is -0.806. The highest BCUT2D eigenvalue weighted by molar-refractivity contribution is 7.91. The second-order valence-corrected chi connectivity index (χ2v) is 9.57. The summed E-state index contributed by atoms with van der Waals surface area (Å²) in [5.41, 5.74) is 2.43. The summed E-state index contributed by atoms with van der Waals surface area (Å²) < 4.78 is 23.3. The molecule has 2 saturated heterocycles. The molecule has 0 bridgehead atoms. The van der Waals surface area contributed by atoms with Crippen LogP contribution >= 0.6 is 11.6 Å². The fourth-order valence-corrected chi connectivity index (χ4v) is 5.68. The van der Waals surface area contributed by atoms with Crippen molar-refractivity contribution in [2.24, 2.45) is 5.92 Å². The van der Waals surface area contributed by atoms with Crippen LogP contribution in [0, 0.1) is 19.8 Å². The van der Waals surface area contributed by atoms with E-state index in [9.17, 15) is 18.0 Å². The van der Waals surface area contributed by atoms with Crippen LogP contribution in [0.3, 0.4) is 0 Å². The Morgan fingerprint density at radius 1 is 1.32 bits per heavy atom. The molecule has 2 heterocycles. The van der Waals surface area contributed by atoms with Crippen LogP contribution in [0.25, 0.3) is 0 Å². The lowest BCUT2D eigenvalue weighted by Gasteiger charge is -2.23. The molecule has 0 saturated carbocycles. The number of anilines is 1. The normalized spacial score (nSPS) is 25.4. The third-order valence-corrected chi connectivity index (χ3v) is 6.91. The number of nitrogens with zero attached hydrogens (tertiary/aromatic N) is 1. The van der Waals surface area contributed by atoms with E-state index in [0.717, 1.165) is 11.1 Å². The van der Waals surface area contributed by atoms with Gasteiger partial charge in [0.2, 0.25) is 11.8 Å². The van der Waals surface area contributed by atoms with E-state index >= 15 is 0 Å². The average Bonchev–Trinajstić information content (AvgIpc) is 3.05. The van der Waals surface area contributed by atoms with Gasteiger partial charge in [0.05, 0.1) is 28.1 Å². The zero-order valence-electron chi connectivity index (χ0n) is 14.2. The highest BCUT2D eigenvalue weighted by atomic mass is 35.5. The Morgan fingerprint density at radius 3 is 2.64 bits per heavy atom. The third-order valence-electron chi connectivity index (χ3n) is 4.86. The SMILES string of the molecule is Cc1cc(C)c(NC(=O)C2CC(=O)N(C3CCS(=O)(=O)C3)C2)c(Cl)c1. The smallest absolute Gasteiger partial charge is 0.229 e. The van der Waals surface area contributed by atoms with Gasteiger partial charge in [0.15, 0.2) is 9.84 Å². The molecule has 0 spiro atoms. The van der Waals surface area contributed by atoms with E-state index in [0.29, 0.717) is 17.1 Å². The quantitative estimate of drug-likeness (QED) is 0.863. The van der Waals surface area contributed by atoms with Crippen molar-refractivity contribution in [2.75, 3.05) is 23.4 Å². The number of halogens is 1. The van der Waals surface area contributed by atoms with Crippen LogP contribution in [0.4, 0.5) is 5.69 Å². The number of carbonyl (C=O) groups excluding carboxylic acids is 2. The van der Waals surface area contributed by atoms with Gasteiger partial charge in [0, 0.05) is 19.0 Å². The van der Waals surface area contributed by atoms with E-state index in [1.807, 2.05) is 19.9 Å². The Kier molecular flexibility index (Phi) is 4.81. The van der Waals surface area contributed by atoms with Crippen molar-refractivity contribution >= 4 is 38.9 Å². The standard InChI is InChI=1S/C17H21ClN2O4S/c1-10-5-11(2)16(14(18)6-10)19-17(22)12-7-15(21)20(8-12)13-3-4-25(23,24)9-13/h5-6,12-13H,3-4,7-9H2,1-2H3,(H,19,22). The number of carbonyl (C=O) groups is 2. The van der Waals surface area contributed by atoms with Gasteiger partial charge in [-0.1, -0.05) is 17.7 Å². The minimum absolute atomic E-state index is 0.00399. The van der Waals surface area contributed by atoms with Crippen molar-refractivity contribution in [3.63, 3.8) is 0 Å². The van der Waals surface area contributed by atoms with Gasteiger partial charge in [-0.2, -0.15) is 0 Å². The number of nitrogens with one attached hydrogen (secondary N) is 1. The molecule has 0 radical (unpaired) electrons. The maximum absolute atomic E-state index is 12.6. The molecule has 2 unspecified atom stereocenters. The summed E-state index contributed by atoms with van der Waals surface area (Å²) in [6, 6.07) is 3.40.